The molecule has 1 saturated heterocycles. The van der Waals surface area contributed by atoms with E-state index in [1.165, 1.54) is 10.7 Å². The lowest BCUT2D eigenvalue weighted by Gasteiger charge is -2.35. The molecule has 0 unspecified atom stereocenters. The van der Waals surface area contributed by atoms with Crippen LogP contribution in [0.1, 0.15) is 11.4 Å². The molecular weight excluding hydrogens is 370 g/mol. The van der Waals surface area contributed by atoms with E-state index >= 15 is 0 Å². The molecule has 9 heteroatoms. The summed E-state index contributed by atoms with van der Waals surface area (Å²) in [6.45, 7) is 6.31. The highest BCUT2D eigenvalue weighted by molar-refractivity contribution is 5.76. The molecule has 0 spiro atoms. The highest BCUT2D eigenvalue weighted by atomic mass is 16.2. The Balaban J connectivity index is 1.44. The summed E-state index contributed by atoms with van der Waals surface area (Å²) < 4.78 is 2.88. The van der Waals surface area contributed by atoms with Gasteiger partial charge in [0.2, 0.25) is 5.91 Å². The van der Waals surface area contributed by atoms with Gasteiger partial charge in [0.05, 0.1) is 5.69 Å². The molecule has 3 aromatic rings. The van der Waals surface area contributed by atoms with Crippen molar-refractivity contribution < 1.29 is 4.79 Å². The number of nitrogens with zero attached hydrogens (tertiary/aromatic N) is 7. The third-order valence-corrected chi connectivity index (χ3v) is 4.97. The van der Waals surface area contributed by atoms with Gasteiger partial charge in [-0.25, -0.2) is 14.3 Å². The SMILES string of the molecule is Cc1cc(C)n(-c2ccc(=O)n(CC(=O)N3CCN(c4ccccn4)CC3)n2)n1. The topological polar surface area (TPSA) is 89.2 Å². The van der Waals surface area contributed by atoms with Crippen molar-refractivity contribution >= 4 is 11.7 Å². The van der Waals surface area contributed by atoms with Crippen molar-refractivity contribution in [2.45, 2.75) is 20.4 Å². The number of aryl methyl sites for hydroxylation is 2. The molecule has 0 N–H and O–H groups in total. The molecule has 3 aromatic heterocycles. The van der Waals surface area contributed by atoms with Crippen molar-refractivity contribution in [3.05, 3.63) is 64.3 Å². The predicted molar refractivity (Wildman–Crippen MR) is 108 cm³/mol. The van der Waals surface area contributed by atoms with E-state index < -0.39 is 0 Å². The van der Waals surface area contributed by atoms with Crippen LogP contribution in [0.4, 0.5) is 5.82 Å². The molecule has 0 aromatic carbocycles. The van der Waals surface area contributed by atoms with Crippen molar-refractivity contribution in [2.75, 3.05) is 31.1 Å². The molecule has 0 aliphatic carbocycles. The van der Waals surface area contributed by atoms with Crippen molar-refractivity contribution in [3.8, 4) is 5.82 Å². The van der Waals surface area contributed by atoms with Crippen LogP contribution >= 0.6 is 0 Å². The minimum atomic E-state index is -0.309. The summed E-state index contributed by atoms with van der Waals surface area (Å²) >= 11 is 0. The number of carbonyl (C=O) groups excluding carboxylic acids is 1. The van der Waals surface area contributed by atoms with Crippen LogP contribution in [0.5, 0.6) is 0 Å². The normalized spacial score (nSPS) is 14.3. The summed E-state index contributed by atoms with van der Waals surface area (Å²) in [6.07, 6.45) is 1.76. The first kappa shape index (κ1) is 18.9. The van der Waals surface area contributed by atoms with Crippen molar-refractivity contribution in [2.24, 2.45) is 0 Å². The van der Waals surface area contributed by atoms with Gasteiger partial charge >= 0.3 is 0 Å². The van der Waals surface area contributed by atoms with Crippen LogP contribution in [-0.4, -0.2) is 61.5 Å². The van der Waals surface area contributed by atoms with Gasteiger partial charge in [-0.05, 0) is 38.1 Å². The number of hydrogen-bond acceptors (Lipinski definition) is 6. The van der Waals surface area contributed by atoms with Crippen molar-refractivity contribution in [3.63, 3.8) is 0 Å². The highest BCUT2D eigenvalue weighted by Gasteiger charge is 2.22. The number of rotatable bonds is 4. The van der Waals surface area contributed by atoms with E-state index in [9.17, 15) is 9.59 Å². The summed E-state index contributed by atoms with van der Waals surface area (Å²) in [4.78, 5) is 33.3. The maximum absolute atomic E-state index is 12.8. The molecule has 0 radical (unpaired) electrons. The number of amides is 1. The monoisotopic (exact) mass is 393 g/mol. The number of anilines is 1. The van der Waals surface area contributed by atoms with E-state index in [4.69, 9.17) is 0 Å². The zero-order valence-electron chi connectivity index (χ0n) is 16.5. The van der Waals surface area contributed by atoms with E-state index in [0.717, 1.165) is 17.2 Å². The van der Waals surface area contributed by atoms with Gasteiger partial charge in [0.25, 0.3) is 5.56 Å². The van der Waals surface area contributed by atoms with Gasteiger partial charge in [0, 0.05) is 44.1 Å². The Labute approximate surface area is 168 Å². The number of piperazine rings is 1. The number of pyridine rings is 1. The minimum Gasteiger partial charge on any atom is -0.353 e. The average molecular weight is 393 g/mol. The average Bonchev–Trinajstić information content (AvgIpc) is 3.08. The molecule has 0 atom stereocenters. The van der Waals surface area contributed by atoms with Crippen LogP contribution in [0, 0.1) is 13.8 Å². The van der Waals surface area contributed by atoms with Crippen LogP contribution in [0.2, 0.25) is 0 Å². The van der Waals surface area contributed by atoms with Gasteiger partial charge in [-0.15, -0.1) is 5.10 Å². The van der Waals surface area contributed by atoms with E-state index in [-0.39, 0.29) is 18.0 Å². The quantitative estimate of drug-likeness (QED) is 0.651. The molecule has 1 fully saturated rings. The summed E-state index contributed by atoms with van der Waals surface area (Å²) in [5.41, 5.74) is 1.47. The van der Waals surface area contributed by atoms with Crippen LogP contribution in [0.3, 0.4) is 0 Å². The zero-order valence-corrected chi connectivity index (χ0v) is 16.5. The van der Waals surface area contributed by atoms with E-state index in [2.05, 4.69) is 20.1 Å². The van der Waals surface area contributed by atoms with Crippen LogP contribution < -0.4 is 10.5 Å². The predicted octanol–water partition coefficient (Wildman–Crippen LogP) is 0.790. The second kappa shape index (κ2) is 7.86. The molecule has 150 valence electrons. The molecular formula is C20H23N7O2. The molecule has 0 bridgehead atoms. The summed E-state index contributed by atoms with van der Waals surface area (Å²) in [6, 6.07) is 10.8. The largest absolute Gasteiger partial charge is 0.353 e. The highest BCUT2D eigenvalue weighted by Crippen LogP contribution is 2.13. The maximum atomic E-state index is 12.8. The molecule has 1 amide bonds. The Bertz CT molecular complexity index is 1070. The number of aromatic nitrogens is 5. The summed E-state index contributed by atoms with van der Waals surface area (Å²) in [7, 11) is 0. The fraction of sp³-hybridized carbons (Fsp3) is 0.350. The fourth-order valence-corrected chi connectivity index (χ4v) is 3.48. The van der Waals surface area contributed by atoms with Gasteiger partial charge in [-0.2, -0.15) is 5.10 Å². The third-order valence-electron chi connectivity index (χ3n) is 4.97. The smallest absolute Gasteiger partial charge is 0.267 e. The lowest BCUT2D eigenvalue weighted by atomic mass is 10.3. The van der Waals surface area contributed by atoms with E-state index in [1.54, 1.807) is 21.8 Å². The van der Waals surface area contributed by atoms with Gasteiger partial charge in [-0.3, -0.25) is 9.59 Å². The Morgan fingerprint density at radius 3 is 2.45 bits per heavy atom. The molecule has 1 aliphatic rings. The maximum Gasteiger partial charge on any atom is 0.267 e. The number of hydrogen-bond donors (Lipinski definition) is 0. The van der Waals surface area contributed by atoms with Gasteiger partial charge in [0.1, 0.15) is 12.4 Å². The molecule has 9 nitrogen and oxygen atoms in total. The lowest BCUT2D eigenvalue weighted by molar-refractivity contribution is -0.132. The van der Waals surface area contributed by atoms with Crippen LogP contribution in [0.25, 0.3) is 5.82 Å². The molecule has 4 heterocycles. The fourth-order valence-electron chi connectivity index (χ4n) is 3.48. The van der Waals surface area contributed by atoms with E-state index in [1.807, 2.05) is 38.1 Å². The van der Waals surface area contributed by atoms with Crippen molar-refractivity contribution in [1.29, 1.82) is 0 Å². The van der Waals surface area contributed by atoms with Crippen LogP contribution in [-0.2, 0) is 11.3 Å². The summed E-state index contributed by atoms with van der Waals surface area (Å²) in [5.74, 6) is 1.31. The number of carbonyl (C=O) groups is 1. The molecule has 4 rings (SSSR count). The summed E-state index contributed by atoms with van der Waals surface area (Å²) in [5, 5.41) is 8.74. The van der Waals surface area contributed by atoms with E-state index in [0.29, 0.717) is 32.0 Å². The molecule has 1 aliphatic heterocycles. The first-order valence-corrected chi connectivity index (χ1v) is 9.57. The zero-order chi connectivity index (χ0) is 20.4. The Morgan fingerprint density at radius 1 is 1.00 bits per heavy atom. The Hall–Kier alpha value is -3.49. The Morgan fingerprint density at radius 2 is 1.79 bits per heavy atom. The molecule has 0 saturated carbocycles. The van der Waals surface area contributed by atoms with Gasteiger partial charge < -0.3 is 9.80 Å². The first-order valence-electron chi connectivity index (χ1n) is 9.57. The van der Waals surface area contributed by atoms with Crippen molar-refractivity contribution in [1.82, 2.24) is 29.4 Å². The third kappa shape index (κ3) is 4.03. The second-order valence-electron chi connectivity index (χ2n) is 7.08. The first-order chi connectivity index (χ1) is 14.0. The Kier molecular flexibility index (Phi) is 5.11. The van der Waals surface area contributed by atoms with Crippen LogP contribution in [0.15, 0.2) is 47.4 Å². The van der Waals surface area contributed by atoms with Gasteiger partial charge in [0.15, 0.2) is 5.82 Å². The lowest BCUT2D eigenvalue weighted by Crippen LogP contribution is -2.50. The standard InChI is InChI=1S/C20H23N7O2/c1-15-13-16(2)27(22-15)18-6-7-19(28)26(23-18)14-20(29)25-11-9-24(10-12-25)17-5-3-4-8-21-17/h3-8,13H,9-12,14H2,1-2H3. The minimum absolute atomic E-state index is 0.0877. The molecule has 29 heavy (non-hydrogen) atoms. The second-order valence-corrected chi connectivity index (χ2v) is 7.08. The van der Waals surface area contributed by atoms with Gasteiger partial charge in [-0.1, -0.05) is 6.07 Å².